The van der Waals surface area contributed by atoms with Gasteiger partial charge >= 0.3 is 0 Å². The van der Waals surface area contributed by atoms with Gasteiger partial charge in [-0.05, 0) is 57.8 Å². The number of benzene rings is 4. The van der Waals surface area contributed by atoms with Crippen LogP contribution in [0.3, 0.4) is 0 Å². The molecule has 0 atom stereocenters. The normalized spacial score (nSPS) is 11.0. The van der Waals surface area contributed by atoms with E-state index in [1.807, 2.05) is 6.07 Å². The summed E-state index contributed by atoms with van der Waals surface area (Å²) in [4.78, 5) is 0. The number of hydrogen-bond donors (Lipinski definition) is 1. The third-order valence-electron chi connectivity index (χ3n) is 4.33. The monoisotopic (exact) mass is 297 g/mol. The van der Waals surface area contributed by atoms with Gasteiger partial charge < -0.3 is 5.32 Å². The Hall–Kier alpha value is -2.80. The molecule has 0 aromatic heterocycles. The fraction of sp³-hybridized carbons (Fsp3) is 0.0909. The zero-order valence-corrected chi connectivity index (χ0v) is 13.0. The molecule has 0 saturated carbocycles. The van der Waals surface area contributed by atoms with Crippen molar-refractivity contribution in [2.75, 3.05) is 11.9 Å². The highest BCUT2D eigenvalue weighted by molar-refractivity contribution is 5.99. The molecule has 0 bridgehead atoms. The Balaban J connectivity index is 1.62. The molecule has 0 spiro atoms. The van der Waals surface area contributed by atoms with Crippen LogP contribution < -0.4 is 5.32 Å². The molecule has 0 unspecified atom stereocenters. The Morgan fingerprint density at radius 2 is 1.30 bits per heavy atom. The molecule has 0 heterocycles. The molecule has 4 aromatic rings. The molecule has 0 aliphatic rings. The highest BCUT2D eigenvalue weighted by atomic mass is 14.9. The van der Waals surface area contributed by atoms with Crippen molar-refractivity contribution in [3.63, 3.8) is 0 Å². The lowest BCUT2D eigenvalue weighted by Gasteiger charge is -2.10. The van der Waals surface area contributed by atoms with Crippen LogP contribution in [0.5, 0.6) is 0 Å². The summed E-state index contributed by atoms with van der Waals surface area (Å²) >= 11 is 0. The maximum Gasteiger partial charge on any atom is 0.0340 e. The maximum atomic E-state index is 3.49. The van der Waals surface area contributed by atoms with Crippen LogP contribution in [0.4, 0.5) is 5.69 Å². The molecule has 0 amide bonds. The molecular weight excluding hydrogens is 278 g/mol. The molecule has 0 fully saturated rings. The Labute approximate surface area is 136 Å². The summed E-state index contributed by atoms with van der Waals surface area (Å²) in [6.07, 6.45) is 1.02. The second-order valence-corrected chi connectivity index (χ2v) is 5.88. The van der Waals surface area contributed by atoms with E-state index in [4.69, 9.17) is 0 Å². The number of para-hydroxylation sites is 1. The molecule has 1 heteroatoms. The van der Waals surface area contributed by atoms with Crippen molar-refractivity contribution in [1.82, 2.24) is 0 Å². The fourth-order valence-electron chi connectivity index (χ4n) is 3.15. The van der Waals surface area contributed by atoms with Crippen molar-refractivity contribution >= 4 is 27.2 Å². The minimum atomic E-state index is 0.940. The van der Waals surface area contributed by atoms with Gasteiger partial charge in [0.2, 0.25) is 0 Å². The summed E-state index contributed by atoms with van der Waals surface area (Å²) in [5.74, 6) is 0. The van der Waals surface area contributed by atoms with E-state index in [2.05, 4.69) is 84.2 Å². The van der Waals surface area contributed by atoms with Crippen LogP contribution in [0.15, 0.2) is 84.9 Å². The fourth-order valence-corrected chi connectivity index (χ4v) is 3.15. The third-order valence-corrected chi connectivity index (χ3v) is 4.33. The van der Waals surface area contributed by atoms with Crippen LogP contribution in [-0.2, 0) is 6.42 Å². The predicted molar refractivity (Wildman–Crippen MR) is 100 cm³/mol. The van der Waals surface area contributed by atoms with Gasteiger partial charge in [-0.15, -0.1) is 0 Å². The van der Waals surface area contributed by atoms with E-state index in [0.29, 0.717) is 0 Å². The van der Waals surface area contributed by atoms with Crippen LogP contribution >= 0.6 is 0 Å². The van der Waals surface area contributed by atoms with Gasteiger partial charge in [0.1, 0.15) is 0 Å². The Morgan fingerprint density at radius 3 is 2.13 bits per heavy atom. The van der Waals surface area contributed by atoms with E-state index in [1.165, 1.54) is 32.8 Å². The van der Waals surface area contributed by atoms with Crippen molar-refractivity contribution in [1.29, 1.82) is 0 Å². The van der Waals surface area contributed by atoms with Crippen LogP contribution in [0, 0.1) is 0 Å². The van der Waals surface area contributed by atoms with E-state index in [0.717, 1.165) is 13.0 Å². The topological polar surface area (TPSA) is 12.0 Å². The molecule has 112 valence electrons. The lowest BCUT2D eigenvalue weighted by molar-refractivity contribution is 1.03. The minimum absolute atomic E-state index is 0.940. The molecule has 23 heavy (non-hydrogen) atoms. The van der Waals surface area contributed by atoms with Crippen LogP contribution in [-0.4, -0.2) is 6.54 Å². The number of nitrogens with one attached hydrogen (secondary N) is 1. The van der Waals surface area contributed by atoms with Gasteiger partial charge in [0, 0.05) is 12.2 Å². The average molecular weight is 297 g/mol. The number of anilines is 1. The molecule has 1 nitrogen and oxygen atoms in total. The summed E-state index contributed by atoms with van der Waals surface area (Å²) in [6, 6.07) is 30.2. The van der Waals surface area contributed by atoms with E-state index in [9.17, 15) is 0 Å². The summed E-state index contributed by atoms with van der Waals surface area (Å²) in [5, 5.41) is 8.79. The van der Waals surface area contributed by atoms with Crippen molar-refractivity contribution in [2.24, 2.45) is 0 Å². The van der Waals surface area contributed by atoms with Crippen molar-refractivity contribution in [2.45, 2.75) is 6.42 Å². The van der Waals surface area contributed by atoms with Gasteiger partial charge in [0.25, 0.3) is 0 Å². The molecule has 4 rings (SSSR count). The highest BCUT2D eigenvalue weighted by Gasteiger charge is 2.03. The molecule has 0 aliphatic heterocycles. The quantitative estimate of drug-likeness (QED) is 0.480. The van der Waals surface area contributed by atoms with Gasteiger partial charge in [-0.25, -0.2) is 0 Å². The molecule has 4 aromatic carbocycles. The van der Waals surface area contributed by atoms with E-state index in [-0.39, 0.29) is 0 Å². The first-order valence-electron chi connectivity index (χ1n) is 8.09. The average Bonchev–Trinajstić information content (AvgIpc) is 2.61. The second kappa shape index (κ2) is 6.13. The molecule has 0 aliphatic carbocycles. The van der Waals surface area contributed by atoms with Crippen molar-refractivity contribution < 1.29 is 0 Å². The first kappa shape index (κ1) is 13.8. The summed E-state index contributed by atoms with van der Waals surface area (Å²) in [7, 11) is 0. The first-order valence-corrected chi connectivity index (χ1v) is 8.09. The zero-order chi connectivity index (χ0) is 15.5. The molecule has 1 N–H and O–H groups in total. The Bertz CT molecular complexity index is 942. The van der Waals surface area contributed by atoms with E-state index < -0.39 is 0 Å². The molecular formula is C22H19N. The van der Waals surface area contributed by atoms with Gasteiger partial charge in [-0.1, -0.05) is 60.7 Å². The van der Waals surface area contributed by atoms with Gasteiger partial charge in [-0.2, -0.15) is 0 Å². The van der Waals surface area contributed by atoms with Crippen LogP contribution in [0.2, 0.25) is 0 Å². The SMILES string of the molecule is c1ccc(NCCc2cccc3cc4ccccc4cc23)cc1. The summed E-state index contributed by atoms with van der Waals surface area (Å²) < 4.78 is 0. The standard InChI is InChI=1S/C22H19N/c1-2-11-21(12-3-1)23-14-13-17-9-6-10-20-15-18-7-4-5-8-19(18)16-22(17)20/h1-12,15-16,23H,13-14H2. The Morgan fingerprint density at radius 1 is 0.609 bits per heavy atom. The minimum Gasteiger partial charge on any atom is -0.385 e. The summed E-state index contributed by atoms with van der Waals surface area (Å²) in [6.45, 7) is 0.940. The number of rotatable bonds is 4. The van der Waals surface area contributed by atoms with Crippen molar-refractivity contribution in [3.05, 3.63) is 90.5 Å². The maximum absolute atomic E-state index is 3.49. The van der Waals surface area contributed by atoms with Crippen molar-refractivity contribution in [3.8, 4) is 0 Å². The third kappa shape index (κ3) is 2.91. The highest BCUT2D eigenvalue weighted by Crippen LogP contribution is 2.25. The summed E-state index contributed by atoms with van der Waals surface area (Å²) in [5.41, 5.74) is 2.58. The first-order chi connectivity index (χ1) is 11.4. The van der Waals surface area contributed by atoms with Gasteiger partial charge in [0.05, 0.1) is 0 Å². The van der Waals surface area contributed by atoms with Crippen LogP contribution in [0.1, 0.15) is 5.56 Å². The van der Waals surface area contributed by atoms with E-state index >= 15 is 0 Å². The molecule has 0 radical (unpaired) electrons. The lowest BCUT2D eigenvalue weighted by Crippen LogP contribution is -2.04. The van der Waals surface area contributed by atoms with Gasteiger partial charge in [-0.3, -0.25) is 0 Å². The predicted octanol–water partition coefficient (Wildman–Crippen LogP) is 5.65. The molecule has 0 saturated heterocycles. The number of fused-ring (bicyclic) bond motifs is 2. The smallest absolute Gasteiger partial charge is 0.0340 e. The van der Waals surface area contributed by atoms with Crippen LogP contribution in [0.25, 0.3) is 21.5 Å². The zero-order valence-electron chi connectivity index (χ0n) is 13.0. The van der Waals surface area contributed by atoms with E-state index in [1.54, 1.807) is 0 Å². The largest absolute Gasteiger partial charge is 0.385 e. The Kier molecular flexibility index (Phi) is 3.69. The lowest BCUT2D eigenvalue weighted by atomic mass is 9.98. The second-order valence-electron chi connectivity index (χ2n) is 5.88. The van der Waals surface area contributed by atoms with Gasteiger partial charge in [0.15, 0.2) is 0 Å². The number of hydrogen-bond acceptors (Lipinski definition) is 1.